The van der Waals surface area contributed by atoms with Crippen LogP contribution in [0.2, 0.25) is 5.02 Å². The molecule has 0 radical (unpaired) electrons. The molecule has 5 nitrogen and oxygen atoms in total. The molecule has 0 aliphatic rings. The monoisotopic (exact) mass is 524 g/mol. The van der Waals surface area contributed by atoms with Gasteiger partial charge in [0.2, 0.25) is 15.6 Å². The minimum Gasteiger partial charge on any atom is -0.322 e. The maximum absolute atomic E-state index is 13.8. The Morgan fingerprint density at radius 1 is 0.914 bits per heavy atom. The summed E-state index contributed by atoms with van der Waals surface area (Å²) < 4.78 is 81.5. The van der Waals surface area contributed by atoms with E-state index in [9.17, 15) is 30.8 Å². The van der Waals surface area contributed by atoms with Crippen LogP contribution in [0.25, 0.3) is 10.9 Å². The highest BCUT2D eigenvalue weighted by atomic mass is 35.5. The molecule has 35 heavy (non-hydrogen) atoms. The second-order valence-corrected chi connectivity index (χ2v) is 10.0. The second kappa shape index (κ2) is 9.44. The van der Waals surface area contributed by atoms with Gasteiger partial charge in [-0.1, -0.05) is 29.8 Å². The van der Waals surface area contributed by atoms with Crippen LogP contribution in [0, 0.1) is 5.82 Å². The van der Waals surface area contributed by atoms with Crippen molar-refractivity contribution in [2.75, 3.05) is 0 Å². The molecule has 4 aromatic rings. The van der Waals surface area contributed by atoms with Crippen LogP contribution in [0.3, 0.4) is 0 Å². The molecule has 1 heterocycles. The zero-order chi connectivity index (χ0) is 25.4. The quantitative estimate of drug-likeness (QED) is 0.331. The number of sulfonamides is 1. The van der Waals surface area contributed by atoms with Crippen molar-refractivity contribution in [3.8, 4) is 0 Å². The van der Waals surface area contributed by atoms with Crippen LogP contribution in [0.5, 0.6) is 0 Å². The van der Waals surface area contributed by atoms with Crippen LogP contribution in [-0.2, 0) is 29.2 Å². The van der Waals surface area contributed by atoms with E-state index in [2.05, 4.69) is 9.71 Å². The Labute approximate surface area is 202 Å². The smallest absolute Gasteiger partial charge is 0.322 e. The molecule has 0 aliphatic heterocycles. The average Bonchev–Trinajstić information content (AvgIpc) is 2.79. The van der Waals surface area contributed by atoms with Crippen molar-refractivity contribution in [2.45, 2.75) is 24.0 Å². The van der Waals surface area contributed by atoms with Crippen molar-refractivity contribution in [3.05, 3.63) is 110 Å². The van der Waals surface area contributed by atoms with Gasteiger partial charge in [0, 0.05) is 34.1 Å². The van der Waals surface area contributed by atoms with Gasteiger partial charge >= 0.3 is 6.18 Å². The molecule has 11 heteroatoms. The summed E-state index contributed by atoms with van der Waals surface area (Å²) in [6.07, 6.45) is -4.46. The highest BCUT2D eigenvalue weighted by molar-refractivity contribution is 7.89. The van der Waals surface area contributed by atoms with Gasteiger partial charge in [-0.2, -0.15) is 13.2 Å². The topological polar surface area (TPSA) is 79.0 Å². The van der Waals surface area contributed by atoms with Crippen molar-refractivity contribution in [2.24, 2.45) is 0 Å². The fourth-order valence-corrected chi connectivity index (χ4v) is 4.80. The van der Waals surface area contributed by atoms with E-state index < -0.39 is 33.1 Å². The molecule has 2 N–H and O–H groups in total. The van der Waals surface area contributed by atoms with Crippen LogP contribution >= 0.6 is 11.6 Å². The van der Waals surface area contributed by atoms with Crippen LogP contribution in [0.15, 0.2) is 76.4 Å². The fourth-order valence-electron chi connectivity index (χ4n) is 3.60. The summed E-state index contributed by atoms with van der Waals surface area (Å²) in [6, 6.07) is 14.5. The summed E-state index contributed by atoms with van der Waals surface area (Å²) in [7, 11) is -3.95. The van der Waals surface area contributed by atoms with Crippen LogP contribution < -0.4 is 10.3 Å². The van der Waals surface area contributed by atoms with E-state index >= 15 is 0 Å². The van der Waals surface area contributed by atoms with Gasteiger partial charge in [0.1, 0.15) is 5.82 Å². The fraction of sp³-hybridized carbons (Fsp3) is 0.125. The van der Waals surface area contributed by atoms with Crippen molar-refractivity contribution < 1.29 is 26.0 Å². The number of aromatic amines is 1. The molecule has 0 saturated heterocycles. The summed E-state index contributed by atoms with van der Waals surface area (Å²) >= 11 is 5.82. The number of alkyl halides is 3. The largest absolute Gasteiger partial charge is 0.417 e. The minimum absolute atomic E-state index is 0.0564. The predicted octanol–water partition coefficient (Wildman–Crippen LogP) is 5.41. The van der Waals surface area contributed by atoms with Crippen LogP contribution in [0.4, 0.5) is 17.6 Å². The molecule has 0 saturated carbocycles. The SMILES string of the molecule is O=c1cc(C(F)(F)F)c2cc(Cc3ccc(S(=O)(=O)NCc4cc(Cl)ccc4F)cc3)ccc2[nH]1. The van der Waals surface area contributed by atoms with Gasteiger partial charge in [-0.15, -0.1) is 0 Å². The van der Waals surface area contributed by atoms with Gasteiger partial charge in [0.25, 0.3) is 0 Å². The van der Waals surface area contributed by atoms with E-state index in [0.29, 0.717) is 17.2 Å². The molecule has 0 aliphatic carbocycles. The molecular weight excluding hydrogens is 508 g/mol. The van der Waals surface area contributed by atoms with Gasteiger partial charge in [-0.25, -0.2) is 17.5 Å². The summed E-state index contributed by atoms with van der Waals surface area (Å²) in [5.74, 6) is -0.597. The molecule has 0 amide bonds. The Hall–Kier alpha value is -3.21. The number of rotatable bonds is 6. The Bertz CT molecular complexity index is 1570. The first-order chi connectivity index (χ1) is 16.4. The number of pyridine rings is 1. The van der Waals surface area contributed by atoms with Gasteiger partial charge in [-0.3, -0.25) is 4.79 Å². The lowest BCUT2D eigenvalue weighted by atomic mass is 10.0. The molecular formula is C24H17ClF4N2O3S. The number of nitrogens with one attached hydrogen (secondary N) is 2. The first-order valence-electron chi connectivity index (χ1n) is 10.2. The number of fused-ring (bicyclic) bond motifs is 1. The Kier molecular flexibility index (Phi) is 6.72. The number of aromatic nitrogens is 1. The third-order valence-electron chi connectivity index (χ3n) is 5.32. The van der Waals surface area contributed by atoms with Gasteiger partial charge < -0.3 is 4.98 Å². The van der Waals surface area contributed by atoms with Gasteiger partial charge in [0.05, 0.1) is 10.5 Å². The molecule has 0 fully saturated rings. The normalized spacial score (nSPS) is 12.3. The minimum atomic E-state index is -4.69. The zero-order valence-electron chi connectivity index (χ0n) is 17.8. The molecule has 0 unspecified atom stereocenters. The number of H-pyrrole nitrogens is 1. The van der Waals surface area contributed by atoms with Crippen molar-refractivity contribution in [1.29, 1.82) is 0 Å². The van der Waals surface area contributed by atoms with E-state index in [-0.39, 0.29) is 39.4 Å². The number of hydrogen-bond acceptors (Lipinski definition) is 3. The second-order valence-electron chi connectivity index (χ2n) is 7.81. The van der Waals surface area contributed by atoms with Crippen LogP contribution in [0.1, 0.15) is 22.3 Å². The standard InChI is InChI=1S/C24H17ClF4N2O3S/c25-17-4-7-21(26)16(11-17)13-30-35(33,34)18-5-1-14(2-6-18)9-15-3-8-22-19(10-15)20(24(27,28)29)12-23(32)31-22/h1-8,10-12,30H,9,13H2,(H,31,32). The first-order valence-corrected chi connectivity index (χ1v) is 12.0. The molecule has 3 aromatic carbocycles. The molecule has 182 valence electrons. The lowest BCUT2D eigenvalue weighted by Crippen LogP contribution is -2.23. The Balaban J connectivity index is 1.53. The van der Waals surface area contributed by atoms with Crippen LogP contribution in [-0.4, -0.2) is 13.4 Å². The summed E-state index contributed by atoms with van der Waals surface area (Å²) in [4.78, 5) is 13.9. The average molecular weight is 525 g/mol. The number of halogens is 5. The van der Waals surface area contributed by atoms with E-state index in [0.717, 1.165) is 6.07 Å². The zero-order valence-corrected chi connectivity index (χ0v) is 19.4. The summed E-state index contributed by atoms with van der Waals surface area (Å²) in [5.41, 5.74) is -0.518. The van der Waals surface area contributed by atoms with E-state index in [1.807, 2.05) is 0 Å². The van der Waals surface area contributed by atoms with Crippen molar-refractivity contribution in [3.63, 3.8) is 0 Å². The van der Waals surface area contributed by atoms with Gasteiger partial charge in [-0.05, 0) is 60.0 Å². The molecule has 1 aromatic heterocycles. The molecule has 0 atom stereocenters. The van der Waals surface area contributed by atoms with Gasteiger partial charge in [0.15, 0.2) is 0 Å². The van der Waals surface area contributed by atoms with Crippen molar-refractivity contribution >= 4 is 32.5 Å². The molecule has 0 bridgehead atoms. The van der Waals surface area contributed by atoms with E-state index in [4.69, 9.17) is 11.6 Å². The highest BCUT2D eigenvalue weighted by Crippen LogP contribution is 2.33. The third-order valence-corrected chi connectivity index (χ3v) is 6.97. The predicted molar refractivity (Wildman–Crippen MR) is 124 cm³/mol. The molecule has 0 spiro atoms. The number of benzene rings is 3. The lowest BCUT2D eigenvalue weighted by Gasteiger charge is -2.12. The maximum Gasteiger partial charge on any atom is 0.417 e. The Morgan fingerprint density at radius 2 is 1.60 bits per heavy atom. The highest BCUT2D eigenvalue weighted by Gasteiger charge is 2.33. The molecule has 4 rings (SSSR count). The Morgan fingerprint density at radius 3 is 2.29 bits per heavy atom. The summed E-state index contributed by atoms with van der Waals surface area (Å²) in [5, 5.41) is 0.138. The van der Waals surface area contributed by atoms with Crippen molar-refractivity contribution in [1.82, 2.24) is 9.71 Å². The third kappa shape index (κ3) is 5.72. The van der Waals surface area contributed by atoms with E-state index in [1.54, 1.807) is 6.07 Å². The number of hydrogen-bond donors (Lipinski definition) is 2. The lowest BCUT2D eigenvalue weighted by molar-refractivity contribution is -0.136. The first kappa shape index (κ1) is 24.9. The maximum atomic E-state index is 13.8. The summed E-state index contributed by atoms with van der Waals surface area (Å²) in [6.45, 7) is -0.294. The van der Waals surface area contributed by atoms with E-state index in [1.165, 1.54) is 48.5 Å².